The van der Waals surface area contributed by atoms with Crippen LogP contribution in [0.25, 0.3) is 0 Å². The topological polar surface area (TPSA) is 38.8 Å². The summed E-state index contributed by atoms with van der Waals surface area (Å²) in [5.41, 5.74) is 0.602. The van der Waals surface area contributed by atoms with Crippen molar-refractivity contribution in [3.8, 4) is 11.5 Å². The lowest BCUT2D eigenvalue weighted by molar-refractivity contribution is 0.0957. The van der Waals surface area contributed by atoms with Crippen molar-refractivity contribution in [2.75, 3.05) is 34.9 Å². The van der Waals surface area contributed by atoms with Crippen LogP contribution >= 0.6 is 0 Å². The lowest BCUT2D eigenvalue weighted by Crippen LogP contribution is -2.21. The zero-order valence-electron chi connectivity index (χ0n) is 10.1. The van der Waals surface area contributed by atoms with Crippen molar-refractivity contribution in [1.82, 2.24) is 4.90 Å². The first-order valence-corrected chi connectivity index (χ1v) is 4.98. The molecule has 0 radical (unpaired) electrons. The number of rotatable bonds is 5. The Bertz CT molecular complexity index is 352. The molecule has 0 bridgehead atoms. The number of hydrogen-bond acceptors (Lipinski definition) is 4. The van der Waals surface area contributed by atoms with Gasteiger partial charge in [0.25, 0.3) is 0 Å². The van der Waals surface area contributed by atoms with Gasteiger partial charge in [-0.05, 0) is 26.2 Å². The Labute approximate surface area is 95.8 Å². The average Bonchev–Trinajstić information content (AvgIpc) is 2.27. The number of hydrogen-bond donors (Lipinski definition) is 0. The molecule has 0 saturated carbocycles. The lowest BCUT2D eigenvalue weighted by atomic mass is 10.1. The fourth-order valence-electron chi connectivity index (χ4n) is 1.35. The summed E-state index contributed by atoms with van der Waals surface area (Å²) >= 11 is 0. The van der Waals surface area contributed by atoms with Gasteiger partial charge in [0.05, 0.1) is 20.8 Å². The van der Waals surface area contributed by atoms with E-state index in [4.69, 9.17) is 9.47 Å². The average molecular weight is 223 g/mol. The Balaban J connectivity index is 2.98. The van der Waals surface area contributed by atoms with E-state index in [1.165, 1.54) is 0 Å². The van der Waals surface area contributed by atoms with E-state index in [0.29, 0.717) is 23.6 Å². The molecule has 0 aromatic heterocycles. The van der Waals surface area contributed by atoms with E-state index < -0.39 is 0 Å². The first-order valence-electron chi connectivity index (χ1n) is 4.98. The van der Waals surface area contributed by atoms with Gasteiger partial charge in [0, 0.05) is 11.6 Å². The molecule has 0 aliphatic heterocycles. The number of benzene rings is 1. The number of ether oxygens (including phenoxy) is 2. The van der Waals surface area contributed by atoms with Crippen LogP contribution in [-0.4, -0.2) is 45.5 Å². The number of methoxy groups -OCH3 is 2. The molecule has 16 heavy (non-hydrogen) atoms. The van der Waals surface area contributed by atoms with E-state index in [2.05, 4.69) is 0 Å². The molecule has 1 rings (SSSR count). The van der Waals surface area contributed by atoms with E-state index in [9.17, 15) is 4.79 Å². The highest BCUT2D eigenvalue weighted by molar-refractivity contribution is 5.98. The summed E-state index contributed by atoms with van der Waals surface area (Å²) in [6.45, 7) is 0.371. The van der Waals surface area contributed by atoms with Crippen molar-refractivity contribution in [3.63, 3.8) is 0 Å². The molecule has 1 aromatic carbocycles. The summed E-state index contributed by atoms with van der Waals surface area (Å²) in [6.07, 6.45) is 0. The maximum absolute atomic E-state index is 11.8. The minimum Gasteiger partial charge on any atom is -0.497 e. The smallest absolute Gasteiger partial charge is 0.177 e. The summed E-state index contributed by atoms with van der Waals surface area (Å²) in [5.74, 6) is 1.30. The van der Waals surface area contributed by atoms with Crippen molar-refractivity contribution in [3.05, 3.63) is 23.8 Å². The third kappa shape index (κ3) is 3.24. The van der Waals surface area contributed by atoms with E-state index in [0.717, 1.165) is 0 Å². The highest BCUT2D eigenvalue weighted by Gasteiger charge is 2.10. The first kappa shape index (κ1) is 12.5. The molecule has 88 valence electrons. The molecule has 0 saturated heterocycles. The van der Waals surface area contributed by atoms with Gasteiger partial charge in [0.15, 0.2) is 5.78 Å². The van der Waals surface area contributed by atoms with Gasteiger partial charge in [-0.3, -0.25) is 4.79 Å². The maximum Gasteiger partial charge on any atom is 0.177 e. The van der Waals surface area contributed by atoms with Gasteiger partial charge in [0.1, 0.15) is 11.5 Å². The van der Waals surface area contributed by atoms with E-state index in [-0.39, 0.29) is 5.78 Å². The molecule has 0 atom stereocenters. The standard InChI is InChI=1S/C12H17NO3/c1-13(2)8-12(14)9-5-10(15-3)7-11(6-9)16-4/h5-7H,8H2,1-4H3. The normalized spacial score (nSPS) is 10.3. The van der Waals surface area contributed by atoms with Crippen LogP contribution in [0.2, 0.25) is 0 Å². The Kier molecular flexibility index (Phi) is 4.31. The second kappa shape index (κ2) is 5.51. The summed E-state index contributed by atoms with van der Waals surface area (Å²) in [5, 5.41) is 0. The summed E-state index contributed by atoms with van der Waals surface area (Å²) in [4.78, 5) is 13.7. The number of carbonyl (C=O) groups excluding carboxylic acids is 1. The number of Topliss-reactive ketones (excluding diaryl/α,β-unsaturated/α-hetero) is 1. The fourth-order valence-corrected chi connectivity index (χ4v) is 1.35. The quantitative estimate of drug-likeness (QED) is 0.708. The van der Waals surface area contributed by atoms with E-state index in [1.54, 1.807) is 32.4 Å². The molecular formula is C12H17NO3. The summed E-state index contributed by atoms with van der Waals surface area (Å²) < 4.78 is 10.2. The van der Waals surface area contributed by atoms with Crippen molar-refractivity contribution in [1.29, 1.82) is 0 Å². The second-order valence-electron chi connectivity index (χ2n) is 3.76. The number of nitrogens with zero attached hydrogens (tertiary/aromatic N) is 1. The SMILES string of the molecule is COc1cc(OC)cc(C(=O)CN(C)C)c1. The van der Waals surface area contributed by atoms with Crippen LogP contribution in [0.3, 0.4) is 0 Å². The molecule has 4 heteroatoms. The highest BCUT2D eigenvalue weighted by Crippen LogP contribution is 2.22. The first-order chi connectivity index (χ1) is 7.56. The third-order valence-electron chi connectivity index (χ3n) is 2.13. The predicted molar refractivity (Wildman–Crippen MR) is 62.4 cm³/mol. The van der Waals surface area contributed by atoms with Gasteiger partial charge in [-0.2, -0.15) is 0 Å². The van der Waals surface area contributed by atoms with E-state index in [1.807, 2.05) is 19.0 Å². The number of ketones is 1. The van der Waals surface area contributed by atoms with Crippen LogP contribution in [-0.2, 0) is 0 Å². The molecule has 0 fully saturated rings. The zero-order valence-corrected chi connectivity index (χ0v) is 10.1. The Morgan fingerprint density at radius 1 is 1.12 bits per heavy atom. The molecule has 0 aliphatic carbocycles. The van der Waals surface area contributed by atoms with Crippen LogP contribution in [0.1, 0.15) is 10.4 Å². The molecule has 1 aromatic rings. The third-order valence-corrected chi connectivity index (χ3v) is 2.13. The highest BCUT2D eigenvalue weighted by atomic mass is 16.5. The lowest BCUT2D eigenvalue weighted by Gasteiger charge is -2.10. The number of carbonyl (C=O) groups is 1. The van der Waals surface area contributed by atoms with Gasteiger partial charge >= 0.3 is 0 Å². The molecular weight excluding hydrogens is 206 g/mol. The minimum atomic E-state index is 0.0437. The van der Waals surface area contributed by atoms with Gasteiger partial charge in [-0.25, -0.2) is 0 Å². The van der Waals surface area contributed by atoms with Gasteiger partial charge in [-0.15, -0.1) is 0 Å². The van der Waals surface area contributed by atoms with Crippen LogP contribution in [0, 0.1) is 0 Å². The van der Waals surface area contributed by atoms with Gasteiger partial charge < -0.3 is 14.4 Å². The Hall–Kier alpha value is -1.55. The summed E-state index contributed by atoms with van der Waals surface area (Å²) in [6, 6.07) is 5.18. The molecule has 0 heterocycles. The molecule has 4 nitrogen and oxygen atoms in total. The number of likely N-dealkylation sites (N-methyl/N-ethyl adjacent to an activating group) is 1. The van der Waals surface area contributed by atoms with Gasteiger partial charge in [-0.1, -0.05) is 0 Å². The molecule has 0 aliphatic rings. The van der Waals surface area contributed by atoms with E-state index >= 15 is 0 Å². The molecule has 0 spiro atoms. The van der Waals surface area contributed by atoms with Crippen molar-refractivity contribution < 1.29 is 14.3 Å². The van der Waals surface area contributed by atoms with Crippen molar-refractivity contribution in [2.45, 2.75) is 0 Å². The molecule has 0 unspecified atom stereocenters. The largest absolute Gasteiger partial charge is 0.497 e. The second-order valence-corrected chi connectivity index (χ2v) is 3.76. The zero-order chi connectivity index (χ0) is 12.1. The minimum absolute atomic E-state index is 0.0437. The Morgan fingerprint density at radius 3 is 2.00 bits per heavy atom. The van der Waals surface area contributed by atoms with Crippen LogP contribution in [0.15, 0.2) is 18.2 Å². The fraction of sp³-hybridized carbons (Fsp3) is 0.417. The molecule has 0 N–H and O–H groups in total. The van der Waals surface area contributed by atoms with Crippen molar-refractivity contribution >= 4 is 5.78 Å². The van der Waals surface area contributed by atoms with Crippen LogP contribution in [0.4, 0.5) is 0 Å². The van der Waals surface area contributed by atoms with Crippen LogP contribution < -0.4 is 9.47 Å². The monoisotopic (exact) mass is 223 g/mol. The Morgan fingerprint density at radius 2 is 1.62 bits per heavy atom. The van der Waals surface area contributed by atoms with Gasteiger partial charge in [0.2, 0.25) is 0 Å². The van der Waals surface area contributed by atoms with Crippen molar-refractivity contribution in [2.24, 2.45) is 0 Å². The molecule has 0 amide bonds. The van der Waals surface area contributed by atoms with Crippen LogP contribution in [0.5, 0.6) is 11.5 Å². The maximum atomic E-state index is 11.8. The summed E-state index contributed by atoms with van der Waals surface area (Å²) in [7, 11) is 6.84. The predicted octanol–water partition coefficient (Wildman–Crippen LogP) is 1.45.